The van der Waals surface area contributed by atoms with E-state index >= 15 is 0 Å². The third kappa shape index (κ3) is 3.44. The third-order valence-electron chi connectivity index (χ3n) is 3.96. The maximum atomic E-state index is 5.39. The van der Waals surface area contributed by atoms with Gasteiger partial charge in [-0.1, -0.05) is 0 Å². The van der Waals surface area contributed by atoms with Crippen molar-refractivity contribution >= 4 is 0 Å². The molecule has 3 heteroatoms. The van der Waals surface area contributed by atoms with Crippen LogP contribution in [-0.2, 0) is 4.74 Å². The van der Waals surface area contributed by atoms with Gasteiger partial charge in [0.1, 0.15) is 0 Å². The smallest absolute Gasteiger partial charge is 0.0495 e. The molecule has 2 aliphatic heterocycles. The molecule has 0 spiro atoms. The number of nitrogens with one attached hydrogen (secondary N) is 1. The largest absolute Gasteiger partial charge is 0.381 e. The zero-order chi connectivity index (χ0) is 11.4. The Labute approximate surface area is 99.5 Å². The van der Waals surface area contributed by atoms with Gasteiger partial charge < -0.3 is 10.1 Å². The van der Waals surface area contributed by atoms with E-state index in [1.807, 2.05) is 0 Å². The lowest BCUT2D eigenvalue weighted by molar-refractivity contribution is 0.184. The Morgan fingerprint density at radius 3 is 2.88 bits per heavy atom. The maximum absolute atomic E-state index is 5.39. The van der Waals surface area contributed by atoms with E-state index in [1.54, 1.807) is 0 Å². The van der Waals surface area contributed by atoms with Gasteiger partial charge >= 0.3 is 0 Å². The lowest BCUT2D eigenvalue weighted by Gasteiger charge is -2.20. The molecule has 0 saturated carbocycles. The molecule has 0 amide bonds. The Hall–Kier alpha value is -0.120. The first-order valence-corrected chi connectivity index (χ1v) is 6.81. The number of hydrogen-bond donors (Lipinski definition) is 1. The van der Waals surface area contributed by atoms with Crippen LogP contribution in [0.15, 0.2) is 0 Å². The van der Waals surface area contributed by atoms with Crippen molar-refractivity contribution < 1.29 is 4.74 Å². The number of nitrogens with zero attached hydrogens (tertiary/aromatic N) is 1. The zero-order valence-electron chi connectivity index (χ0n) is 10.7. The second kappa shape index (κ2) is 5.99. The topological polar surface area (TPSA) is 24.5 Å². The van der Waals surface area contributed by atoms with Crippen LogP contribution in [-0.4, -0.2) is 49.8 Å². The molecule has 0 aromatic heterocycles. The van der Waals surface area contributed by atoms with Crippen molar-refractivity contribution in [3.63, 3.8) is 0 Å². The van der Waals surface area contributed by atoms with Crippen molar-refractivity contribution in [3.05, 3.63) is 0 Å². The molecule has 2 heterocycles. The fourth-order valence-electron chi connectivity index (χ4n) is 2.73. The third-order valence-corrected chi connectivity index (χ3v) is 3.96. The van der Waals surface area contributed by atoms with Crippen molar-refractivity contribution in [2.75, 3.05) is 32.8 Å². The fraction of sp³-hybridized carbons (Fsp3) is 1.00. The Balaban J connectivity index is 1.57. The summed E-state index contributed by atoms with van der Waals surface area (Å²) < 4.78 is 5.39. The lowest BCUT2D eigenvalue weighted by Crippen LogP contribution is -2.36. The number of likely N-dealkylation sites (tertiary alicyclic amines) is 1. The molecule has 16 heavy (non-hydrogen) atoms. The molecular weight excluding hydrogens is 200 g/mol. The molecule has 2 rings (SSSR count). The highest BCUT2D eigenvalue weighted by Gasteiger charge is 2.24. The van der Waals surface area contributed by atoms with Crippen molar-refractivity contribution in [1.29, 1.82) is 0 Å². The molecule has 2 saturated heterocycles. The van der Waals surface area contributed by atoms with Crippen LogP contribution in [0.25, 0.3) is 0 Å². The van der Waals surface area contributed by atoms with Crippen LogP contribution in [0.1, 0.15) is 33.1 Å². The molecule has 3 nitrogen and oxygen atoms in total. The van der Waals surface area contributed by atoms with Crippen LogP contribution in [0.2, 0.25) is 0 Å². The van der Waals surface area contributed by atoms with E-state index < -0.39 is 0 Å². The molecule has 2 atom stereocenters. The molecule has 2 fully saturated rings. The van der Waals surface area contributed by atoms with Gasteiger partial charge in [0.25, 0.3) is 0 Å². The Kier molecular flexibility index (Phi) is 4.62. The first-order valence-electron chi connectivity index (χ1n) is 6.81. The molecule has 2 aliphatic rings. The van der Waals surface area contributed by atoms with Gasteiger partial charge in [-0.25, -0.2) is 0 Å². The predicted molar refractivity (Wildman–Crippen MR) is 66.7 cm³/mol. The highest BCUT2D eigenvalue weighted by Crippen LogP contribution is 2.16. The predicted octanol–water partition coefficient (Wildman–Crippen LogP) is 1.49. The van der Waals surface area contributed by atoms with Crippen LogP contribution in [0.4, 0.5) is 0 Å². The maximum Gasteiger partial charge on any atom is 0.0495 e. The summed E-state index contributed by atoms with van der Waals surface area (Å²) in [6.45, 7) is 10.2. The van der Waals surface area contributed by atoms with Crippen LogP contribution in [0.5, 0.6) is 0 Å². The van der Waals surface area contributed by atoms with Gasteiger partial charge in [0.2, 0.25) is 0 Å². The van der Waals surface area contributed by atoms with Gasteiger partial charge in [-0.15, -0.1) is 0 Å². The normalized spacial score (nSPS) is 31.7. The molecule has 0 bridgehead atoms. The second-order valence-electron chi connectivity index (χ2n) is 5.55. The van der Waals surface area contributed by atoms with E-state index in [4.69, 9.17) is 4.74 Å². The highest BCUT2D eigenvalue weighted by atomic mass is 16.5. The quantitative estimate of drug-likeness (QED) is 0.768. The fourth-order valence-corrected chi connectivity index (χ4v) is 2.73. The summed E-state index contributed by atoms with van der Waals surface area (Å²) in [7, 11) is 0. The average Bonchev–Trinajstić information content (AvgIpc) is 2.87. The zero-order valence-corrected chi connectivity index (χ0v) is 10.7. The number of ether oxygens (including phenoxy) is 1. The first-order chi connectivity index (χ1) is 7.75. The van der Waals surface area contributed by atoms with Crippen molar-refractivity contribution in [3.8, 4) is 0 Å². The van der Waals surface area contributed by atoms with E-state index in [1.165, 1.54) is 38.9 Å². The summed E-state index contributed by atoms with van der Waals surface area (Å²) in [4.78, 5) is 2.57. The van der Waals surface area contributed by atoms with Crippen LogP contribution < -0.4 is 5.32 Å². The minimum absolute atomic E-state index is 0.704. The van der Waals surface area contributed by atoms with Gasteiger partial charge in [-0.2, -0.15) is 0 Å². The van der Waals surface area contributed by atoms with Crippen molar-refractivity contribution in [2.24, 2.45) is 5.92 Å². The monoisotopic (exact) mass is 226 g/mol. The molecule has 0 aromatic carbocycles. The van der Waals surface area contributed by atoms with E-state index in [0.717, 1.165) is 25.2 Å². The Morgan fingerprint density at radius 2 is 2.25 bits per heavy atom. The van der Waals surface area contributed by atoms with Crippen LogP contribution in [0.3, 0.4) is 0 Å². The van der Waals surface area contributed by atoms with Gasteiger partial charge in [0.05, 0.1) is 0 Å². The summed E-state index contributed by atoms with van der Waals surface area (Å²) in [6.07, 6.45) is 3.88. The number of hydrogen-bond acceptors (Lipinski definition) is 3. The van der Waals surface area contributed by atoms with Crippen LogP contribution >= 0.6 is 0 Å². The second-order valence-corrected chi connectivity index (χ2v) is 5.55. The Morgan fingerprint density at radius 1 is 1.38 bits per heavy atom. The summed E-state index contributed by atoms with van der Waals surface area (Å²) in [5, 5.41) is 3.70. The minimum Gasteiger partial charge on any atom is -0.381 e. The molecule has 0 radical (unpaired) electrons. The molecule has 94 valence electrons. The highest BCUT2D eigenvalue weighted by molar-refractivity contribution is 4.82. The van der Waals surface area contributed by atoms with Gasteiger partial charge in [0, 0.05) is 31.8 Å². The minimum atomic E-state index is 0.704. The molecule has 0 aromatic rings. The van der Waals surface area contributed by atoms with E-state index in [2.05, 4.69) is 24.1 Å². The summed E-state index contributed by atoms with van der Waals surface area (Å²) >= 11 is 0. The van der Waals surface area contributed by atoms with E-state index in [9.17, 15) is 0 Å². The van der Waals surface area contributed by atoms with E-state index in [-0.39, 0.29) is 0 Å². The molecular formula is C13H26N2O. The summed E-state index contributed by atoms with van der Waals surface area (Å²) in [5.74, 6) is 0.815. The number of rotatable bonds is 5. The van der Waals surface area contributed by atoms with Gasteiger partial charge in [-0.05, 0) is 52.1 Å². The standard InChI is InChI=1S/C13H26N2O/c1-11(2)15-7-4-13(9-15)14-6-3-12-5-8-16-10-12/h11-14H,3-10H2,1-2H3. The molecule has 2 unspecified atom stereocenters. The Bertz CT molecular complexity index is 202. The van der Waals surface area contributed by atoms with Crippen molar-refractivity contribution in [2.45, 2.75) is 45.2 Å². The van der Waals surface area contributed by atoms with Crippen molar-refractivity contribution in [1.82, 2.24) is 10.2 Å². The van der Waals surface area contributed by atoms with Crippen LogP contribution in [0, 0.1) is 5.92 Å². The van der Waals surface area contributed by atoms with Gasteiger partial charge in [0.15, 0.2) is 0 Å². The summed E-state index contributed by atoms with van der Waals surface area (Å²) in [6, 6.07) is 1.43. The molecule has 0 aliphatic carbocycles. The lowest BCUT2D eigenvalue weighted by atomic mass is 10.1. The summed E-state index contributed by atoms with van der Waals surface area (Å²) in [5.41, 5.74) is 0. The van der Waals surface area contributed by atoms with E-state index in [0.29, 0.717) is 6.04 Å². The first kappa shape index (κ1) is 12.3. The molecule has 1 N–H and O–H groups in total. The average molecular weight is 226 g/mol. The van der Waals surface area contributed by atoms with Gasteiger partial charge in [-0.3, -0.25) is 4.90 Å². The SMILES string of the molecule is CC(C)N1CCC(NCCC2CCOC2)C1.